The lowest BCUT2D eigenvalue weighted by atomic mass is 9.86. The molecule has 0 bridgehead atoms. The Hall–Kier alpha value is -1.57. The molecule has 8 heteroatoms. The molecule has 1 amide bonds. The Bertz CT molecular complexity index is 741. The Balaban J connectivity index is 0.00000225. The average molecular weight is 389 g/mol. The third-order valence-electron chi connectivity index (χ3n) is 4.18. The summed E-state index contributed by atoms with van der Waals surface area (Å²) in [6.45, 7) is 1.32. The molecule has 25 heavy (non-hydrogen) atoms. The van der Waals surface area contributed by atoms with Crippen molar-refractivity contribution in [3.63, 3.8) is 0 Å². The van der Waals surface area contributed by atoms with Gasteiger partial charge in [-0.25, -0.2) is 8.78 Å². The van der Waals surface area contributed by atoms with Crippen LogP contribution in [0.5, 0.6) is 0 Å². The molecule has 1 aliphatic heterocycles. The Labute approximate surface area is 155 Å². The maximum absolute atomic E-state index is 13.5. The van der Waals surface area contributed by atoms with Crippen LogP contribution in [0.3, 0.4) is 0 Å². The van der Waals surface area contributed by atoms with Crippen molar-refractivity contribution >= 4 is 30.1 Å². The van der Waals surface area contributed by atoms with E-state index in [0.29, 0.717) is 17.2 Å². The zero-order valence-electron chi connectivity index (χ0n) is 13.6. The van der Waals surface area contributed by atoms with E-state index in [1.807, 2.05) is 6.26 Å². The molecular weight excluding hydrogens is 370 g/mol. The van der Waals surface area contributed by atoms with Crippen LogP contribution >= 0.6 is 24.2 Å². The van der Waals surface area contributed by atoms with Gasteiger partial charge < -0.3 is 15.1 Å². The first-order chi connectivity index (χ1) is 11.6. The van der Waals surface area contributed by atoms with Crippen molar-refractivity contribution in [3.8, 4) is 0 Å². The second-order valence-electron chi connectivity index (χ2n) is 5.68. The summed E-state index contributed by atoms with van der Waals surface area (Å²) < 4.78 is 32.1. The minimum atomic E-state index is -0.869. The van der Waals surface area contributed by atoms with Gasteiger partial charge in [0.2, 0.25) is 0 Å². The minimum absolute atomic E-state index is 0. The van der Waals surface area contributed by atoms with Crippen LogP contribution in [-0.4, -0.2) is 31.3 Å². The Kier molecular flexibility index (Phi) is 6.87. The molecule has 1 saturated heterocycles. The number of halogens is 3. The lowest BCUT2D eigenvalue weighted by Crippen LogP contribution is -2.50. The number of furan rings is 1. The molecule has 0 radical (unpaired) electrons. The molecule has 0 spiro atoms. The zero-order valence-corrected chi connectivity index (χ0v) is 15.2. The molecule has 136 valence electrons. The van der Waals surface area contributed by atoms with Gasteiger partial charge in [0.1, 0.15) is 0 Å². The Morgan fingerprint density at radius 3 is 2.76 bits per heavy atom. The summed E-state index contributed by atoms with van der Waals surface area (Å²) in [5.41, 5.74) is 0.685. The van der Waals surface area contributed by atoms with Gasteiger partial charge in [0.15, 0.2) is 22.5 Å². The van der Waals surface area contributed by atoms with E-state index in [-0.39, 0.29) is 36.0 Å². The molecule has 2 unspecified atom stereocenters. The van der Waals surface area contributed by atoms with E-state index >= 15 is 0 Å². The number of carbonyl (C=O) groups excluding carboxylic acids is 1. The molecule has 2 heterocycles. The van der Waals surface area contributed by atoms with E-state index in [4.69, 9.17) is 4.42 Å². The van der Waals surface area contributed by atoms with E-state index in [1.54, 1.807) is 18.2 Å². The highest BCUT2D eigenvalue weighted by Crippen LogP contribution is 2.27. The summed E-state index contributed by atoms with van der Waals surface area (Å²) >= 11 is 1.42. The lowest BCUT2D eigenvalue weighted by Gasteiger charge is -2.33. The number of nitrogens with one attached hydrogen (secondary N) is 2. The van der Waals surface area contributed by atoms with Gasteiger partial charge in [0.05, 0.1) is 0 Å². The Morgan fingerprint density at radius 1 is 1.28 bits per heavy atom. The van der Waals surface area contributed by atoms with E-state index in [9.17, 15) is 13.6 Å². The topological polar surface area (TPSA) is 54.3 Å². The number of thioether (sulfide) groups is 1. The molecule has 1 aromatic heterocycles. The van der Waals surface area contributed by atoms with Crippen LogP contribution in [0.1, 0.15) is 28.5 Å². The SMILES string of the molecule is CSc1ccc(C(=O)NC2CNCCC2c2ccc(F)c(F)c2)o1.Cl. The normalized spacial score (nSPS) is 20.0. The summed E-state index contributed by atoms with van der Waals surface area (Å²) in [5.74, 6) is -1.88. The molecular formula is C17H19ClF2N2O2S. The van der Waals surface area contributed by atoms with E-state index in [1.165, 1.54) is 17.8 Å². The smallest absolute Gasteiger partial charge is 0.287 e. The summed E-state index contributed by atoms with van der Waals surface area (Å²) in [6, 6.07) is 7.06. The number of carbonyl (C=O) groups is 1. The molecule has 1 fully saturated rings. The lowest BCUT2D eigenvalue weighted by molar-refractivity contribution is 0.0891. The van der Waals surface area contributed by atoms with Gasteiger partial charge in [-0.3, -0.25) is 4.79 Å². The number of piperidine rings is 1. The number of hydrogen-bond donors (Lipinski definition) is 2. The first kappa shape index (κ1) is 19.8. The van der Waals surface area contributed by atoms with Gasteiger partial charge >= 0.3 is 0 Å². The van der Waals surface area contributed by atoms with Gasteiger partial charge in [0.25, 0.3) is 5.91 Å². The fourth-order valence-electron chi connectivity index (χ4n) is 2.94. The van der Waals surface area contributed by atoms with Crippen molar-refractivity contribution in [1.82, 2.24) is 10.6 Å². The number of benzene rings is 1. The second-order valence-corrected chi connectivity index (χ2v) is 6.49. The fraction of sp³-hybridized carbons (Fsp3) is 0.353. The molecule has 2 aromatic rings. The van der Waals surface area contributed by atoms with Gasteiger partial charge in [-0.2, -0.15) is 0 Å². The standard InChI is InChI=1S/C17H18F2N2O2S.ClH/c1-24-16-5-4-15(23-16)17(22)21-14-9-20-7-6-11(14)10-2-3-12(18)13(19)8-10;/h2-5,8,11,14,20H,6-7,9H2,1H3,(H,21,22);1H. The van der Waals surface area contributed by atoms with Crippen molar-refractivity contribution < 1.29 is 18.0 Å². The predicted molar refractivity (Wildman–Crippen MR) is 95.6 cm³/mol. The maximum Gasteiger partial charge on any atom is 0.287 e. The molecule has 1 aliphatic rings. The van der Waals surface area contributed by atoms with Crippen molar-refractivity contribution in [1.29, 1.82) is 0 Å². The number of hydrogen-bond acceptors (Lipinski definition) is 4. The highest BCUT2D eigenvalue weighted by molar-refractivity contribution is 7.98. The molecule has 0 aliphatic carbocycles. The molecule has 4 nitrogen and oxygen atoms in total. The third kappa shape index (κ3) is 4.54. The summed E-state index contributed by atoms with van der Waals surface area (Å²) in [5, 5.41) is 6.82. The number of rotatable bonds is 4. The average Bonchev–Trinajstić information content (AvgIpc) is 3.07. The molecule has 2 atom stereocenters. The Morgan fingerprint density at radius 2 is 2.08 bits per heavy atom. The van der Waals surface area contributed by atoms with Crippen LogP contribution in [0.4, 0.5) is 8.78 Å². The van der Waals surface area contributed by atoms with Crippen LogP contribution in [0.15, 0.2) is 39.8 Å². The van der Waals surface area contributed by atoms with Crippen LogP contribution in [0.25, 0.3) is 0 Å². The van der Waals surface area contributed by atoms with Crippen molar-refractivity contribution in [2.75, 3.05) is 19.3 Å². The maximum atomic E-state index is 13.5. The monoisotopic (exact) mass is 388 g/mol. The molecule has 1 aromatic carbocycles. The summed E-state index contributed by atoms with van der Waals surface area (Å²) in [7, 11) is 0. The first-order valence-corrected chi connectivity index (χ1v) is 8.91. The van der Waals surface area contributed by atoms with Gasteiger partial charge in [-0.05, 0) is 49.1 Å². The number of amides is 1. The fourth-order valence-corrected chi connectivity index (χ4v) is 3.32. The highest BCUT2D eigenvalue weighted by atomic mass is 35.5. The van der Waals surface area contributed by atoms with Gasteiger partial charge in [-0.15, -0.1) is 12.4 Å². The predicted octanol–water partition coefficient (Wildman–Crippen LogP) is 3.58. The third-order valence-corrected chi connectivity index (χ3v) is 4.80. The van der Waals surface area contributed by atoms with Crippen molar-refractivity contribution in [3.05, 3.63) is 53.3 Å². The zero-order chi connectivity index (χ0) is 17.1. The second kappa shape index (κ2) is 8.69. The van der Waals surface area contributed by atoms with Crippen molar-refractivity contribution in [2.45, 2.75) is 23.5 Å². The van der Waals surface area contributed by atoms with Gasteiger partial charge in [0, 0.05) is 18.5 Å². The summed E-state index contributed by atoms with van der Waals surface area (Å²) in [4.78, 5) is 12.4. The quantitative estimate of drug-likeness (QED) is 0.786. The molecule has 3 rings (SSSR count). The van der Waals surface area contributed by atoms with Crippen molar-refractivity contribution in [2.24, 2.45) is 0 Å². The largest absolute Gasteiger partial charge is 0.445 e. The van der Waals surface area contributed by atoms with E-state index < -0.39 is 11.6 Å². The van der Waals surface area contributed by atoms with Crippen LogP contribution < -0.4 is 10.6 Å². The van der Waals surface area contributed by atoms with Crippen LogP contribution in [0, 0.1) is 11.6 Å². The summed E-state index contributed by atoms with van der Waals surface area (Å²) in [6.07, 6.45) is 2.59. The minimum Gasteiger partial charge on any atom is -0.445 e. The van der Waals surface area contributed by atoms with E-state index in [2.05, 4.69) is 10.6 Å². The highest BCUT2D eigenvalue weighted by Gasteiger charge is 2.29. The van der Waals surface area contributed by atoms with Gasteiger partial charge in [-0.1, -0.05) is 17.8 Å². The van der Waals surface area contributed by atoms with E-state index in [0.717, 1.165) is 19.0 Å². The van der Waals surface area contributed by atoms with Crippen LogP contribution in [-0.2, 0) is 0 Å². The molecule has 0 saturated carbocycles. The first-order valence-electron chi connectivity index (χ1n) is 7.69. The van der Waals surface area contributed by atoms with Crippen LogP contribution in [0.2, 0.25) is 0 Å². The molecule has 2 N–H and O–H groups in total.